The van der Waals surface area contributed by atoms with Crippen LogP contribution in [0.5, 0.6) is 0 Å². The van der Waals surface area contributed by atoms with Gasteiger partial charge in [0.2, 0.25) is 0 Å². The van der Waals surface area contributed by atoms with Gasteiger partial charge in [-0.15, -0.1) is 0 Å². The quantitative estimate of drug-likeness (QED) is 0.484. The van der Waals surface area contributed by atoms with Crippen LogP contribution in [0.15, 0.2) is 0 Å². The Morgan fingerprint density at radius 1 is 1.57 bits per heavy atom. The number of aliphatic hydroxyl groups excluding tert-OH is 1. The van der Waals surface area contributed by atoms with Gasteiger partial charge in [0, 0.05) is 20.2 Å². The minimum Gasteiger partial charge on any atom is -0.396 e. The Balaban J connectivity index is 2.68. The monoisotopic (exact) mass is 105 g/mol. The highest BCUT2D eigenvalue weighted by atomic mass is 16.5. The van der Waals surface area contributed by atoms with Gasteiger partial charge in [-0.3, -0.25) is 0 Å². The molecule has 44 valence electrons. The molecule has 0 aliphatic heterocycles. The van der Waals surface area contributed by atoms with Crippen LogP contribution in [0.1, 0.15) is 6.42 Å². The fourth-order valence-electron chi connectivity index (χ4n) is 0.300. The van der Waals surface area contributed by atoms with Crippen LogP contribution in [0.2, 0.25) is 0 Å². The van der Waals surface area contributed by atoms with Crippen LogP contribution in [0.3, 0.4) is 0 Å². The number of hydrogen-bond donors (Lipinski definition) is 2. The number of nitrogens with zero attached hydrogens (tertiary/aromatic N) is 1. The first-order valence-electron chi connectivity index (χ1n) is 2.28. The van der Waals surface area contributed by atoms with Crippen LogP contribution in [0, 0.1) is 0 Å². The van der Waals surface area contributed by atoms with Crippen LogP contribution < -0.4 is 0 Å². The Morgan fingerprint density at radius 3 is 2.29 bits per heavy atom. The zero-order valence-electron chi connectivity index (χ0n) is 4.46. The summed E-state index contributed by atoms with van der Waals surface area (Å²) in [6.07, 6.45) is 0.632. The number of hydroxylamine groups is 2. The van der Waals surface area contributed by atoms with Gasteiger partial charge in [-0.25, -0.2) is 0 Å². The smallest absolute Gasteiger partial charge is 0.0444 e. The minimum atomic E-state index is 0.144. The van der Waals surface area contributed by atoms with E-state index in [4.69, 9.17) is 10.3 Å². The molecule has 3 nitrogen and oxygen atoms in total. The highest BCUT2D eigenvalue weighted by Crippen LogP contribution is 1.77. The molecule has 0 spiro atoms. The molecule has 0 saturated carbocycles. The SMILES string of the molecule is CN(O)CCCO. The van der Waals surface area contributed by atoms with E-state index in [9.17, 15) is 0 Å². The van der Waals surface area contributed by atoms with Crippen molar-refractivity contribution in [3.05, 3.63) is 0 Å². The molecule has 0 saturated heterocycles. The van der Waals surface area contributed by atoms with Crippen molar-refractivity contribution in [2.45, 2.75) is 6.42 Å². The molecule has 0 radical (unpaired) electrons. The van der Waals surface area contributed by atoms with Crippen molar-refractivity contribution in [3.8, 4) is 0 Å². The second-order valence-electron chi connectivity index (χ2n) is 1.46. The van der Waals surface area contributed by atoms with Gasteiger partial charge in [0.1, 0.15) is 0 Å². The van der Waals surface area contributed by atoms with Gasteiger partial charge < -0.3 is 10.3 Å². The van der Waals surface area contributed by atoms with Gasteiger partial charge in [-0.05, 0) is 6.42 Å². The lowest BCUT2D eigenvalue weighted by Gasteiger charge is -2.03. The maximum Gasteiger partial charge on any atom is 0.0444 e. The first-order valence-corrected chi connectivity index (χ1v) is 2.28. The Bertz CT molecular complexity index is 38.7. The summed E-state index contributed by atoms with van der Waals surface area (Å²) >= 11 is 0. The molecular formula is C4H11NO2. The van der Waals surface area contributed by atoms with Crippen LogP contribution >= 0.6 is 0 Å². The molecule has 0 aliphatic rings. The van der Waals surface area contributed by atoms with Gasteiger partial charge in [0.25, 0.3) is 0 Å². The third kappa shape index (κ3) is 5.88. The average Bonchev–Trinajstić information content (AvgIpc) is 1.61. The minimum absolute atomic E-state index is 0.144. The van der Waals surface area contributed by atoms with Crippen LogP contribution in [0.4, 0.5) is 0 Å². The molecule has 3 heteroatoms. The summed E-state index contributed by atoms with van der Waals surface area (Å²) in [6, 6.07) is 0. The van der Waals surface area contributed by atoms with E-state index < -0.39 is 0 Å². The van der Waals surface area contributed by atoms with Gasteiger partial charge in [-0.2, -0.15) is 5.06 Å². The number of aliphatic hydroxyl groups is 1. The van der Waals surface area contributed by atoms with E-state index in [1.165, 1.54) is 0 Å². The van der Waals surface area contributed by atoms with Crippen molar-refractivity contribution in [1.82, 2.24) is 5.06 Å². The molecule has 0 heterocycles. The second kappa shape index (κ2) is 4.05. The second-order valence-corrected chi connectivity index (χ2v) is 1.46. The molecule has 0 amide bonds. The predicted octanol–water partition coefficient (Wildman–Crippen LogP) is -0.310. The van der Waals surface area contributed by atoms with Gasteiger partial charge >= 0.3 is 0 Å². The average molecular weight is 105 g/mol. The number of rotatable bonds is 3. The Labute approximate surface area is 43.1 Å². The van der Waals surface area contributed by atoms with Crippen LogP contribution in [-0.4, -0.2) is 35.6 Å². The van der Waals surface area contributed by atoms with Crippen molar-refractivity contribution in [2.24, 2.45) is 0 Å². The van der Waals surface area contributed by atoms with Crippen molar-refractivity contribution < 1.29 is 10.3 Å². The topological polar surface area (TPSA) is 43.7 Å². The highest BCUT2D eigenvalue weighted by Gasteiger charge is 1.86. The molecule has 0 aromatic carbocycles. The van der Waals surface area contributed by atoms with Crippen LogP contribution in [0.25, 0.3) is 0 Å². The van der Waals surface area contributed by atoms with E-state index in [1.807, 2.05) is 0 Å². The third-order valence-corrected chi connectivity index (χ3v) is 0.640. The zero-order valence-corrected chi connectivity index (χ0v) is 4.46. The molecule has 0 unspecified atom stereocenters. The van der Waals surface area contributed by atoms with E-state index in [0.29, 0.717) is 13.0 Å². The van der Waals surface area contributed by atoms with Crippen molar-refractivity contribution >= 4 is 0 Å². The van der Waals surface area contributed by atoms with Crippen molar-refractivity contribution in [2.75, 3.05) is 20.2 Å². The first kappa shape index (κ1) is 6.88. The summed E-state index contributed by atoms with van der Waals surface area (Å²) in [4.78, 5) is 0. The fraction of sp³-hybridized carbons (Fsp3) is 1.00. The maximum absolute atomic E-state index is 8.41. The Hall–Kier alpha value is -0.120. The molecule has 0 aliphatic carbocycles. The first-order chi connectivity index (χ1) is 3.27. The lowest BCUT2D eigenvalue weighted by molar-refractivity contribution is -0.0675. The lowest BCUT2D eigenvalue weighted by Crippen LogP contribution is -2.14. The summed E-state index contributed by atoms with van der Waals surface area (Å²) in [5.41, 5.74) is 0. The van der Waals surface area contributed by atoms with Gasteiger partial charge in [0.15, 0.2) is 0 Å². The molecule has 0 fully saturated rings. The molecular weight excluding hydrogens is 94.0 g/mol. The normalized spacial score (nSPS) is 10.3. The highest BCUT2D eigenvalue weighted by molar-refractivity contribution is 4.34. The Kier molecular flexibility index (Phi) is 3.98. The maximum atomic E-state index is 8.41. The Morgan fingerprint density at radius 2 is 2.14 bits per heavy atom. The summed E-state index contributed by atoms with van der Waals surface area (Å²) in [6.45, 7) is 0.682. The fourth-order valence-corrected chi connectivity index (χ4v) is 0.300. The molecule has 0 aromatic rings. The molecule has 0 bridgehead atoms. The lowest BCUT2D eigenvalue weighted by atomic mass is 10.5. The predicted molar refractivity (Wildman–Crippen MR) is 26.1 cm³/mol. The standard InChI is InChI=1S/C4H11NO2/c1-5(7)3-2-4-6/h6-7H,2-4H2,1H3. The summed E-state index contributed by atoms with van der Waals surface area (Å²) in [5.74, 6) is 0. The van der Waals surface area contributed by atoms with E-state index in [2.05, 4.69) is 0 Å². The number of hydrogen-bond acceptors (Lipinski definition) is 3. The molecule has 2 N–H and O–H groups in total. The van der Waals surface area contributed by atoms with Gasteiger partial charge in [0.05, 0.1) is 0 Å². The van der Waals surface area contributed by atoms with E-state index in [-0.39, 0.29) is 6.61 Å². The van der Waals surface area contributed by atoms with E-state index in [0.717, 1.165) is 5.06 Å². The summed E-state index contributed by atoms with van der Waals surface area (Å²) in [5, 5.41) is 17.6. The zero-order chi connectivity index (χ0) is 5.70. The van der Waals surface area contributed by atoms with Crippen LogP contribution in [-0.2, 0) is 0 Å². The summed E-state index contributed by atoms with van der Waals surface area (Å²) < 4.78 is 0. The van der Waals surface area contributed by atoms with Crippen molar-refractivity contribution in [1.29, 1.82) is 0 Å². The van der Waals surface area contributed by atoms with E-state index >= 15 is 0 Å². The van der Waals surface area contributed by atoms with Crippen molar-refractivity contribution in [3.63, 3.8) is 0 Å². The molecule has 0 rings (SSSR count). The molecule has 0 aromatic heterocycles. The largest absolute Gasteiger partial charge is 0.396 e. The van der Waals surface area contributed by atoms with Gasteiger partial charge in [-0.1, -0.05) is 0 Å². The third-order valence-electron chi connectivity index (χ3n) is 0.640. The van der Waals surface area contributed by atoms with E-state index in [1.54, 1.807) is 7.05 Å². The summed E-state index contributed by atoms with van der Waals surface area (Å²) in [7, 11) is 1.55. The molecule has 7 heavy (non-hydrogen) atoms. The molecule has 0 atom stereocenters.